The molecule has 1 aliphatic rings. The third kappa shape index (κ3) is 4.88. The van der Waals surface area contributed by atoms with Crippen LogP contribution in [0.2, 0.25) is 0 Å². The number of hydrogen-bond acceptors (Lipinski definition) is 2. The van der Waals surface area contributed by atoms with E-state index < -0.39 is 11.6 Å². The molecule has 106 valence electrons. The molecule has 0 atom stereocenters. The highest BCUT2D eigenvalue weighted by Crippen LogP contribution is 2.09. The van der Waals surface area contributed by atoms with Crippen molar-refractivity contribution in [1.82, 2.24) is 10.2 Å². The standard InChI is InChI=1S/C15H22F2N2/c16-14-6-5-13(11-15(14)17)12-18-7-10-19-8-3-1-2-4-9-19/h5-6,11,18H,1-4,7-10,12H2. The number of likely N-dealkylation sites (tertiary alicyclic amines) is 1. The lowest BCUT2D eigenvalue weighted by molar-refractivity contribution is 0.284. The van der Waals surface area contributed by atoms with Crippen molar-refractivity contribution in [3.05, 3.63) is 35.4 Å². The summed E-state index contributed by atoms with van der Waals surface area (Å²) in [6.07, 6.45) is 5.28. The lowest BCUT2D eigenvalue weighted by Gasteiger charge is -2.19. The summed E-state index contributed by atoms with van der Waals surface area (Å²) >= 11 is 0. The molecule has 2 rings (SSSR count). The molecule has 4 heteroatoms. The Bertz CT molecular complexity index is 388. The molecule has 1 N–H and O–H groups in total. The average Bonchev–Trinajstić information content (AvgIpc) is 2.67. The van der Waals surface area contributed by atoms with Crippen molar-refractivity contribution in [3.8, 4) is 0 Å². The SMILES string of the molecule is Fc1ccc(CNCCN2CCCCCC2)cc1F. The Hall–Kier alpha value is -1.00. The van der Waals surface area contributed by atoms with Crippen LogP contribution in [0.1, 0.15) is 31.2 Å². The first-order valence-electron chi connectivity index (χ1n) is 7.13. The molecule has 19 heavy (non-hydrogen) atoms. The first kappa shape index (κ1) is 14.4. The summed E-state index contributed by atoms with van der Waals surface area (Å²) in [6, 6.07) is 4.06. The van der Waals surface area contributed by atoms with Gasteiger partial charge in [-0.15, -0.1) is 0 Å². The summed E-state index contributed by atoms with van der Waals surface area (Å²) in [5, 5.41) is 3.29. The van der Waals surface area contributed by atoms with Gasteiger partial charge in [0.25, 0.3) is 0 Å². The van der Waals surface area contributed by atoms with Crippen LogP contribution in [-0.2, 0) is 6.54 Å². The van der Waals surface area contributed by atoms with E-state index in [1.165, 1.54) is 50.9 Å². The Balaban J connectivity index is 1.67. The van der Waals surface area contributed by atoms with E-state index in [4.69, 9.17) is 0 Å². The van der Waals surface area contributed by atoms with E-state index in [-0.39, 0.29) is 0 Å². The summed E-state index contributed by atoms with van der Waals surface area (Å²) in [5.41, 5.74) is 0.787. The lowest BCUT2D eigenvalue weighted by atomic mass is 10.2. The molecule has 0 saturated carbocycles. The second-order valence-electron chi connectivity index (χ2n) is 5.18. The van der Waals surface area contributed by atoms with Gasteiger partial charge in [-0.3, -0.25) is 0 Å². The van der Waals surface area contributed by atoms with Gasteiger partial charge in [0.05, 0.1) is 0 Å². The van der Waals surface area contributed by atoms with Gasteiger partial charge < -0.3 is 10.2 Å². The molecule has 0 aromatic heterocycles. The maximum absolute atomic E-state index is 13.0. The second kappa shape index (κ2) is 7.56. The molecular formula is C15H22F2N2. The molecule has 0 amide bonds. The summed E-state index contributed by atoms with van der Waals surface area (Å²) < 4.78 is 25.8. The third-order valence-electron chi connectivity index (χ3n) is 3.62. The maximum Gasteiger partial charge on any atom is 0.159 e. The van der Waals surface area contributed by atoms with Gasteiger partial charge >= 0.3 is 0 Å². The monoisotopic (exact) mass is 268 g/mol. The van der Waals surface area contributed by atoms with Crippen molar-refractivity contribution in [2.45, 2.75) is 32.2 Å². The van der Waals surface area contributed by atoms with Crippen molar-refractivity contribution in [1.29, 1.82) is 0 Å². The van der Waals surface area contributed by atoms with Crippen molar-refractivity contribution >= 4 is 0 Å². The molecule has 1 fully saturated rings. The van der Waals surface area contributed by atoms with E-state index in [9.17, 15) is 8.78 Å². The van der Waals surface area contributed by atoms with Crippen molar-refractivity contribution in [2.24, 2.45) is 0 Å². The summed E-state index contributed by atoms with van der Waals surface area (Å²) in [5.74, 6) is -1.56. The zero-order valence-corrected chi connectivity index (χ0v) is 11.3. The molecule has 1 aromatic rings. The van der Waals surface area contributed by atoms with E-state index in [0.29, 0.717) is 6.54 Å². The van der Waals surface area contributed by atoms with Crippen LogP contribution in [0.15, 0.2) is 18.2 Å². The molecule has 1 aliphatic heterocycles. The largest absolute Gasteiger partial charge is 0.311 e. The molecule has 0 spiro atoms. The molecule has 0 bridgehead atoms. The number of nitrogens with one attached hydrogen (secondary N) is 1. The van der Waals surface area contributed by atoms with Crippen molar-refractivity contribution < 1.29 is 8.78 Å². The fraction of sp³-hybridized carbons (Fsp3) is 0.600. The highest BCUT2D eigenvalue weighted by Gasteiger charge is 2.08. The van der Waals surface area contributed by atoms with Crippen LogP contribution in [-0.4, -0.2) is 31.1 Å². The van der Waals surface area contributed by atoms with Crippen molar-refractivity contribution in [3.63, 3.8) is 0 Å². The molecule has 0 aliphatic carbocycles. The van der Waals surface area contributed by atoms with Gasteiger partial charge in [-0.2, -0.15) is 0 Å². The molecule has 1 saturated heterocycles. The van der Waals surface area contributed by atoms with Crippen molar-refractivity contribution in [2.75, 3.05) is 26.2 Å². The van der Waals surface area contributed by atoms with Gasteiger partial charge in [-0.25, -0.2) is 8.78 Å². The van der Waals surface area contributed by atoms with Gasteiger partial charge in [0.1, 0.15) is 0 Å². The van der Waals surface area contributed by atoms with Gasteiger partial charge in [0.15, 0.2) is 11.6 Å². The topological polar surface area (TPSA) is 15.3 Å². The van der Waals surface area contributed by atoms with E-state index in [0.717, 1.165) is 18.7 Å². The van der Waals surface area contributed by atoms with Gasteiger partial charge in [0, 0.05) is 19.6 Å². The van der Waals surface area contributed by atoms with Gasteiger partial charge in [0.2, 0.25) is 0 Å². The Kier molecular flexibility index (Phi) is 5.73. The smallest absolute Gasteiger partial charge is 0.159 e. The van der Waals surface area contributed by atoms with E-state index in [1.54, 1.807) is 6.07 Å². The zero-order valence-electron chi connectivity index (χ0n) is 11.3. The van der Waals surface area contributed by atoms with Crippen LogP contribution in [0, 0.1) is 11.6 Å². The highest BCUT2D eigenvalue weighted by atomic mass is 19.2. The number of hydrogen-bond donors (Lipinski definition) is 1. The second-order valence-corrected chi connectivity index (χ2v) is 5.18. The first-order valence-corrected chi connectivity index (χ1v) is 7.13. The minimum Gasteiger partial charge on any atom is -0.311 e. The quantitative estimate of drug-likeness (QED) is 0.826. The molecule has 0 unspecified atom stereocenters. The predicted octanol–water partition coefficient (Wildman–Crippen LogP) is 2.93. The predicted molar refractivity (Wildman–Crippen MR) is 73.0 cm³/mol. The first-order chi connectivity index (χ1) is 9.25. The van der Waals surface area contributed by atoms with E-state index >= 15 is 0 Å². The normalized spacial score (nSPS) is 17.4. The fourth-order valence-electron chi connectivity index (χ4n) is 2.48. The fourth-order valence-corrected chi connectivity index (χ4v) is 2.48. The molecule has 2 nitrogen and oxygen atoms in total. The van der Waals surface area contributed by atoms with Gasteiger partial charge in [-0.05, 0) is 43.6 Å². The summed E-state index contributed by atoms with van der Waals surface area (Å²) in [7, 11) is 0. The van der Waals surface area contributed by atoms with Crippen LogP contribution in [0.4, 0.5) is 8.78 Å². The third-order valence-corrected chi connectivity index (χ3v) is 3.62. The number of benzene rings is 1. The van der Waals surface area contributed by atoms with Crippen LogP contribution in [0.25, 0.3) is 0 Å². The zero-order chi connectivity index (χ0) is 13.5. The number of nitrogens with zero attached hydrogens (tertiary/aromatic N) is 1. The molecule has 1 heterocycles. The number of halogens is 2. The highest BCUT2D eigenvalue weighted by molar-refractivity contribution is 5.17. The Morgan fingerprint density at radius 3 is 2.42 bits per heavy atom. The summed E-state index contributed by atoms with van der Waals surface area (Å²) in [4.78, 5) is 2.48. The minimum atomic E-state index is -0.784. The van der Waals surface area contributed by atoms with Crippen LogP contribution >= 0.6 is 0 Å². The number of rotatable bonds is 5. The summed E-state index contributed by atoms with van der Waals surface area (Å²) in [6.45, 7) is 4.88. The maximum atomic E-state index is 13.0. The molecule has 1 aromatic carbocycles. The van der Waals surface area contributed by atoms with E-state index in [2.05, 4.69) is 10.2 Å². The van der Waals surface area contributed by atoms with Crippen LogP contribution < -0.4 is 5.32 Å². The van der Waals surface area contributed by atoms with Crippen LogP contribution in [0.5, 0.6) is 0 Å². The Morgan fingerprint density at radius 1 is 1.00 bits per heavy atom. The Labute approximate surface area is 113 Å². The lowest BCUT2D eigenvalue weighted by Crippen LogP contribution is -2.32. The Morgan fingerprint density at radius 2 is 1.74 bits per heavy atom. The molecule has 0 radical (unpaired) electrons. The average molecular weight is 268 g/mol. The minimum absolute atomic E-state index is 0.588. The van der Waals surface area contributed by atoms with Gasteiger partial charge in [-0.1, -0.05) is 18.9 Å². The molecular weight excluding hydrogens is 246 g/mol. The van der Waals surface area contributed by atoms with E-state index in [1.807, 2.05) is 0 Å². The van der Waals surface area contributed by atoms with Crippen LogP contribution in [0.3, 0.4) is 0 Å².